The molecule has 4 heteroatoms. The zero-order valence-corrected chi connectivity index (χ0v) is 6.36. The molecule has 0 fully saturated rings. The highest BCUT2D eigenvalue weighted by molar-refractivity contribution is 5.74. The summed E-state index contributed by atoms with van der Waals surface area (Å²) in [6.07, 6.45) is -1.03. The molecule has 0 spiro atoms. The van der Waals surface area contributed by atoms with Gasteiger partial charge in [-0.25, -0.2) is 4.98 Å². The monoisotopic (exact) mass is 163 g/mol. The van der Waals surface area contributed by atoms with E-state index in [2.05, 4.69) is 9.97 Å². The van der Waals surface area contributed by atoms with E-state index in [9.17, 15) is 0 Å². The lowest BCUT2D eigenvalue weighted by Crippen LogP contribution is -2.09. The van der Waals surface area contributed by atoms with Crippen LogP contribution in [0, 0.1) is 0 Å². The van der Waals surface area contributed by atoms with Crippen molar-refractivity contribution in [3.63, 3.8) is 0 Å². The van der Waals surface area contributed by atoms with E-state index >= 15 is 0 Å². The van der Waals surface area contributed by atoms with Crippen LogP contribution < -0.4 is 5.73 Å². The van der Waals surface area contributed by atoms with Gasteiger partial charge in [0, 0.05) is 0 Å². The third-order valence-electron chi connectivity index (χ3n) is 1.69. The fraction of sp³-hybridized carbons (Fsp3) is 0.125. The Bertz CT molecular complexity index is 361. The zero-order valence-electron chi connectivity index (χ0n) is 6.36. The third kappa shape index (κ3) is 1.07. The Kier molecular flexibility index (Phi) is 1.56. The number of para-hydroxylation sites is 2. The second-order valence-corrected chi connectivity index (χ2v) is 2.58. The molecule has 1 aromatic carbocycles. The lowest BCUT2D eigenvalue weighted by Gasteiger charge is -1.95. The molecule has 4 nitrogen and oxygen atoms in total. The van der Waals surface area contributed by atoms with Crippen molar-refractivity contribution in [1.82, 2.24) is 9.97 Å². The van der Waals surface area contributed by atoms with E-state index in [0.29, 0.717) is 5.82 Å². The summed E-state index contributed by atoms with van der Waals surface area (Å²) < 4.78 is 0. The number of nitrogens with two attached hydrogens (primary N) is 1. The second-order valence-electron chi connectivity index (χ2n) is 2.58. The zero-order chi connectivity index (χ0) is 8.55. The lowest BCUT2D eigenvalue weighted by molar-refractivity contribution is 0.177. The minimum Gasteiger partial charge on any atom is -0.371 e. The van der Waals surface area contributed by atoms with E-state index < -0.39 is 6.23 Å². The Morgan fingerprint density at radius 2 is 2.17 bits per heavy atom. The molecule has 2 aromatic rings. The first kappa shape index (κ1) is 7.27. The van der Waals surface area contributed by atoms with E-state index in [1.807, 2.05) is 24.3 Å². The second kappa shape index (κ2) is 2.58. The summed E-state index contributed by atoms with van der Waals surface area (Å²) in [5, 5.41) is 9.01. The Labute approximate surface area is 69.0 Å². The predicted octanol–water partition coefficient (Wildman–Crippen LogP) is 0.513. The number of aromatic amines is 1. The average molecular weight is 163 g/mol. The first-order valence-electron chi connectivity index (χ1n) is 3.65. The van der Waals surface area contributed by atoms with Crippen molar-refractivity contribution in [2.24, 2.45) is 5.73 Å². The maximum absolute atomic E-state index is 9.01. The smallest absolute Gasteiger partial charge is 0.161 e. The molecule has 2 rings (SSSR count). The fourth-order valence-corrected chi connectivity index (χ4v) is 1.11. The molecule has 1 heterocycles. The first-order valence-corrected chi connectivity index (χ1v) is 3.65. The van der Waals surface area contributed by atoms with Gasteiger partial charge < -0.3 is 10.1 Å². The molecule has 1 unspecified atom stereocenters. The van der Waals surface area contributed by atoms with Crippen molar-refractivity contribution < 1.29 is 5.11 Å². The number of hydrogen-bond donors (Lipinski definition) is 3. The van der Waals surface area contributed by atoms with Gasteiger partial charge in [0.25, 0.3) is 0 Å². The molecule has 0 aliphatic heterocycles. The Balaban J connectivity index is 2.62. The van der Waals surface area contributed by atoms with Crippen molar-refractivity contribution in [3.05, 3.63) is 30.1 Å². The molecule has 0 radical (unpaired) electrons. The quantitative estimate of drug-likeness (QED) is 0.536. The molecular formula is C8H9N3O. The summed E-state index contributed by atoms with van der Waals surface area (Å²) in [6.45, 7) is 0. The summed E-state index contributed by atoms with van der Waals surface area (Å²) in [5.41, 5.74) is 6.94. The van der Waals surface area contributed by atoms with Crippen LogP contribution in [0.15, 0.2) is 24.3 Å². The molecule has 4 N–H and O–H groups in total. The molecular weight excluding hydrogens is 154 g/mol. The molecule has 12 heavy (non-hydrogen) atoms. The maximum atomic E-state index is 9.01. The van der Waals surface area contributed by atoms with Crippen LogP contribution in [0.1, 0.15) is 12.1 Å². The highest BCUT2D eigenvalue weighted by atomic mass is 16.3. The Morgan fingerprint density at radius 3 is 2.83 bits per heavy atom. The minimum absolute atomic E-state index is 0.399. The van der Waals surface area contributed by atoms with Gasteiger partial charge in [-0.15, -0.1) is 0 Å². The van der Waals surface area contributed by atoms with Gasteiger partial charge in [0.15, 0.2) is 12.1 Å². The normalized spacial score (nSPS) is 13.5. The van der Waals surface area contributed by atoms with Gasteiger partial charge in [0.05, 0.1) is 11.0 Å². The van der Waals surface area contributed by atoms with Crippen molar-refractivity contribution in [2.75, 3.05) is 0 Å². The van der Waals surface area contributed by atoms with Gasteiger partial charge in [-0.2, -0.15) is 0 Å². The molecule has 0 saturated heterocycles. The number of nitrogens with one attached hydrogen (secondary N) is 1. The average Bonchev–Trinajstić information content (AvgIpc) is 2.46. The van der Waals surface area contributed by atoms with Crippen molar-refractivity contribution in [2.45, 2.75) is 6.23 Å². The highest BCUT2D eigenvalue weighted by Gasteiger charge is 2.05. The van der Waals surface area contributed by atoms with E-state index in [4.69, 9.17) is 10.8 Å². The van der Waals surface area contributed by atoms with Gasteiger partial charge in [0.1, 0.15) is 0 Å². The Hall–Kier alpha value is -1.39. The van der Waals surface area contributed by atoms with Gasteiger partial charge in [0.2, 0.25) is 0 Å². The van der Waals surface area contributed by atoms with Crippen LogP contribution in [0.4, 0.5) is 0 Å². The fourth-order valence-electron chi connectivity index (χ4n) is 1.11. The summed E-state index contributed by atoms with van der Waals surface area (Å²) in [5.74, 6) is 0.399. The van der Waals surface area contributed by atoms with E-state index in [1.54, 1.807) is 0 Å². The summed E-state index contributed by atoms with van der Waals surface area (Å²) in [6, 6.07) is 7.52. The van der Waals surface area contributed by atoms with E-state index in [1.165, 1.54) is 0 Å². The molecule has 62 valence electrons. The summed E-state index contributed by atoms with van der Waals surface area (Å²) in [4.78, 5) is 6.99. The van der Waals surface area contributed by atoms with Crippen LogP contribution in [0.2, 0.25) is 0 Å². The number of rotatable bonds is 1. The largest absolute Gasteiger partial charge is 0.371 e. The number of aliphatic hydroxyl groups is 1. The molecule has 0 saturated carbocycles. The number of aromatic nitrogens is 2. The minimum atomic E-state index is -1.03. The number of imidazole rings is 1. The maximum Gasteiger partial charge on any atom is 0.161 e. The lowest BCUT2D eigenvalue weighted by atomic mass is 10.3. The SMILES string of the molecule is NC(O)c1nc2ccccc2[nH]1. The molecule has 0 bridgehead atoms. The van der Waals surface area contributed by atoms with Gasteiger partial charge >= 0.3 is 0 Å². The molecule has 0 aliphatic rings. The van der Waals surface area contributed by atoms with Gasteiger partial charge in [-0.3, -0.25) is 5.73 Å². The number of benzene rings is 1. The third-order valence-corrected chi connectivity index (χ3v) is 1.69. The van der Waals surface area contributed by atoms with Crippen LogP contribution in [-0.2, 0) is 0 Å². The van der Waals surface area contributed by atoms with Gasteiger partial charge in [-0.05, 0) is 12.1 Å². The van der Waals surface area contributed by atoms with Crippen molar-refractivity contribution >= 4 is 11.0 Å². The summed E-state index contributed by atoms with van der Waals surface area (Å²) >= 11 is 0. The Morgan fingerprint density at radius 1 is 1.42 bits per heavy atom. The standard InChI is InChI=1S/C8H9N3O/c9-7(12)8-10-5-3-1-2-4-6(5)11-8/h1-4,7,12H,9H2,(H,10,11). The van der Waals surface area contributed by atoms with Crippen LogP contribution in [0.3, 0.4) is 0 Å². The van der Waals surface area contributed by atoms with Crippen LogP contribution in [0.25, 0.3) is 11.0 Å². The number of fused-ring (bicyclic) bond motifs is 1. The molecule has 0 aliphatic carbocycles. The van der Waals surface area contributed by atoms with Crippen molar-refractivity contribution in [1.29, 1.82) is 0 Å². The first-order chi connectivity index (χ1) is 5.77. The summed E-state index contributed by atoms with van der Waals surface area (Å²) in [7, 11) is 0. The van der Waals surface area contributed by atoms with Crippen LogP contribution in [0.5, 0.6) is 0 Å². The topological polar surface area (TPSA) is 74.9 Å². The van der Waals surface area contributed by atoms with Crippen molar-refractivity contribution in [3.8, 4) is 0 Å². The number of hydrogen-bond acceptors (Lipinski definition) is 3. The van der Waals surface area contributed by atoms with Crippen LogP contribution in [-0.4, -0.2) is 15.1 Å². The predicted molar refractivity (Wildman–Crippen MR) is 45.2 cm³/mol. The number of nitrogens with zero attached hydrogens (tertiary/aromatic N) is 1. The molecule has 1 atom stereocenters. The number of H-pyrrole nitrogens is 1. The molecule has 0 amide bonds. The van der Waals surface area contributed by atoms with E-state index in [-0.39, 0.29) is 0 Å². The van der Waals surface area contributed by atoms with E-state index in [0.717, 1.165) is 11.0 Å². The van der Waals surface area contributed by atoms with Crippen LogP contribution >= 0.6 is 0 Å². The van der Waals surface area contributed by atoms with Gasteiger partial charge in [-0.1, -0.05) is 12.1 Å². The number of aliphatic hydroxyl groups excluding tert-OH is 1. The molecule has 1 aromatic heterocycles. The highest BCUT2D eigenvalue weighted by Crippen LogP contribution is 2.12.